The highest BCUT2D eigenvalue weighted by atomic mass is 35.5. The van der Waals surface area contributed by atoms with Crippen LogP contribution in [0.15, 0.2) is 40.5 Å². The molecule has 20 heavy (non-hydrogen) atoms. The maximum Gasteiger partial charge on any atom is 0.225 e. The third-order valence-corrected chi connectivity index (χ3v) is 4.15. The van der Waals surface area contributed by atoms with Gasteiger partial charge in [0.05, 0.1) is 6.33 Å². The second-order valence-corrected chi connectivity index (χ2v) is 6.13. The molecule has 4 nitrogen and oxygen atoms in total. The molecule has 0 spiro atoms. The monoisotopic (exact) mass is 304 g/mol. The predicted octanol–water partition coefficient (Wildman–Crippen LogP) is 4.28. The quantitative estimate of drug-likeness (QED) is 0.579. The molecule has 0 aliphatic carbocycles. The van der Waals surface area contributed by atoms with Crippen molar-refractivity contribution in [2.24, 2.45) is 0 Å². The average Bonchev–Trinajstić information content (AvgIpc) is 2.87. The van der Waals surface area contributed by atoms with E-state index in [2.05, 4.69) is 58.0 Å². The van der Waals surface area contributed by atoms with Crippen LogP contribution in [0.3, 0.4) is 0 Å². The first-order chi connectivity index (χ1) is 9.63. The van der Waals surface area contributed by atoms with E-state index < -0.39 is 0 Å². The van der Waals surface area contributed by atoms with E-state index >= 15 is 0 Å². The molecule has 102 valence electrons. The van der Waals surface area contributed by atoms with Gasteiger partial charge in [-0.05, 0) is 35.2 Å². The van der Waals surface area contributed by atoms with E-state index in [1.807, 2.05) is 0 Å². The lowest BCUT2D eigenvalue weighted by Crippen LogP contribution is -1.89. The normalized spacial score (nSPS) is 11.4. The lowest BCUT2D eigenvalue weighted by atomic mass is 10.0. The zero-order chi connectivity index (χ0) is 14.1. The minimum absolute atomic E-state index is 0.214. The number of rotatable bonds is 3. The van der Waals surface area contributed by atoms with Crippen LogP contribution in [0.1, 0.15) is 25.3 Å². The van der Waals surface area contributed by atoms with Crippen molar-refractivity contribution < 1.29 is 0 Å². The number of halogens is 1. The Kier molecular flexibility index (Phi) is 3.63. The van der Waals surface area contributed by atoms with Crippen molar-refractivity contribution in [3.05, 3.63) is 41.4 Å². The van der Waals surface area contributed by atoms with Crippen LogP contribution in [0.4, 0.5) is 0 Å². The first-order valence-corrected chi connectivity index (χ1v) is 7.47. The first kappa shape index (κ1) is 13.4. The Morgan fingerprint density at radius 2 is 1.90 bits per heavy atom. The topological polar surface area (TPSA) is 54.5 Å². The fraction of sp³-hybridized carbons (Fsp3) is 0.214. The number of benzene rings is 1. The van der Waals surface area contributed by atoms with Crippen LogP contribution < -0.4 is 0 Å². The summed E-state index contributed by atoms with van der Waals surface area (Å²) in [6, 6.07) is 8.47. The fourth-order valence-electron chi connectivity index (χ4n) is 1.89. The molecule has 0 saturated heterocycles. The molecule has 0 aliphatic rings. The Balaban J connectivity index is 1.94. The minimum Gasteiger partial charge on any atom is -0.341 e. The van der Waals surface area contributed by atoms with E-state index in [1.165, 1.54) is 5.56 Å². The zero-order valence-corrected chi connectivity index (χ0v) is 12.7. The molecular weight excluding hydrogens is 292 g/mol. The summed E-state index contributed by atoms with van der Waals surface area (Å²) in [5, 5.41) is 1.00. The highest BCUT2D eigenvalue weighted by Gasteiger charge is 2.10. The smallest absolute Gasteiger partial charge is 0.225 e. The van der Waals surface area contributed by atoms with Crippen LogP contribution in [0.5, 0.6) is 0 Å². The van der Waals surface area contributed by atoms with Gasteiger partial charge < -0.3 is 4.98 Å². The van der Waals surface area contributed by atoms with Crippen LogP contribution in [0, 0.1) is 0 Å². The van der Waals surface area contributed by atoms with Crippen molar-refractivity contribution in [2.75, 3.05) is 0 Å². The Bertz CT molecular complexity index is 737. The van der Waals surface area contributed by atoms with Gasteiger partial charge in [0.1, 0.15) is 10.5 Å². The molecule has 0 saturated carbocycles. The molecule has 0 amide bonds. The predicted molar refractivity (Wildman–Crippen MR) is 81.3 cm³/mol. The van der Waals surface area contributed by atoms with Gasteiger partial charge >= 0.3 is 0 Å². The van der Waals surface area contributed by atoms with Crippen LogP contribution >= 0.6 is 23.4 Å². The first-order valence-electron chi connectivity index (χ1n) is 6.28. The average molecular weight is 305 g/mol. The molecule has 6 heteroatoms. The summed E-state index contributed by atoms with van der Waals surface area (Å²) in [6.07, 6.45) is 1.60. The molecule has 3 rings (SSSR count). The zero-order valence-electron chi connectivity index (χ0n) is 11.1. The minimum atomic E-state index is 0.214. The fourth-order valence-corrected chi connectivity index (χ4v) is 2.98. The number of nitrogens with one attached hydrogen (secondary N) is 1. The van der Waals surface area contributed by atoms with Crippen molar-refractivity contribution >= 4 is 34.5 Å². The van der Waals surface area contributed by atoms with Gasteiger partial charge in [-0.2, -0.15) is 4.98 Å². The summed E-state index contributed by atoms with van der Waals surface area (Å²) >= 11 is 7.47. The van der Waals surface area contributed by atoms with Gasteiger partial charge in [0.25, 0.3) is 0 Å². The molecule has 0 bridgehead atoms. The third-order valence-electron chi connectivity index (χ3n) is 2.99. The maximum absolute atomic E-state index is 5.92. The largest absolute Gasteiger partial charge is 0.341 e. The van der Waals surface area contributed by atoms with Gasteiger partial charge in [-0.15, -0.1) is 0 Å². The van der Waals surface area contributed by atoms with Gasteiger partial charge in [0, 0.05) is 4.90 Å². The van der Waals surface area contributed by atoms with E-state index in [4.69, 9.17) is 11.6 Å². The Labute approximate surface area is 126 Å². The van der Waals surface area contributed by atoms with Crippen molar-refractivity contribution in [3.8, 4) is 0 Å². The number of imidazole rings is 1. The van der Waals surface area contributed by atoms with Crippen molar-refractivity contribution in [3.63, 3.8) is 0 Å². The summed E-state index contributed by atoms with van der Waals surface area (Å²) in [5.41, 5.74) is 2.72. The third kappa shape index (κ3) is 2.64. The Hall–Kier alpha value is -1.59. The van der Waals surface area contributed by atoms with E-state index in [0.29, 0.717) is 11.6 Å². The maximum atomic E-state index is 5.92. The molecule has 0 aliphatic heterocycles. The van der Waals surface area contributed by atoms with Crippen LogP contribution in [0.2, 0.25) is 5.28 Å². The Morgan fingerprint density at radius 1 is 1.15 bits per heavy atom. The summed E-state index contributed by atoms with van der Waals surface area (Å²) in [7, 11) is 0. The number of fused-ring (bicyclic) bond motifs is 1. The summed E-state index contributed by atoms with van der Waals surface area (Å²) in [6.45, 7) is 4.36. The van der Waals surface area contributed by atoms with Gasteiger partial charge in [0.2, 0.25) is 5.28 Å². The SMILES string of the molecule is CC(C)c1ccc(Sc2nc(Cl)nc3nc[nH]c23)cc1. The van der Waals surface area contributed by atoms with Gasteiger partial charge in [-0.3, -0.25) is 0 Å². The molecule has 1 aromatic carbocycles. The lowest BCUT2D eigenvalue weighted by Gasteiger charge is -2.06. The second kappa shape index (κ2) is 5.42. The van der Waals surface area contributed by atoms with E-state index in [9.17, 15) is 0 Å². The highest BCUT2D eigenvalue weighted by molar-refractivity contribution is 7.99. The highest BCUT2D eigenvalue weighted by Crippen LogP contribution is 2.31. The van der Waals surface area contributed by atoms with E-state index in [-0.39, 0.29) is 5.28 Å². The summed E-state index contributed by atoms with van der Waals surface area (Å²) in [4.78, 5) is 16.6. The standard InChI is InChI=1S/C14H13ClN4S/c1-8(2)9-3-5-10(6-4-9)20-13-11-12(17-7-16-11)18-14(15)19-13/h3-8H,1-2H3,(H,16,17,18,19). The van der Waals surface area contributed by atoms with Gasteiger partial charge in [0.15, 0.2) is 5.65 Å². The van der Waals surface area contributed by atoms with E-state index in [1.54, 1.807) is 18.1 Å². The Morgan fingerprint density at radius 3 is 2.60 bits per heavy atom. The second-order valence-electron chi connectivity index (χ2n) is 4.72. The van der Waals surface area contributed by atoms with Crippen LogP contribution in [-0.4, -0.2) is 19.9 Å². The van der Waals surface area contributed by atoms with Crippen LogP contribution in [0.25, 0.3) is 11.2 Å². The molecule has 0 atom stereocenters. The van der Waals surface area contributed by atoms with Crippen molar-refractivity contribution in [1.29, 1.82) is 0 Å². The summed E-state index contributed by atoms with van der Waals surface area (Å²) < 4.78 is 0. The number of nitrogens with zero attached hydrogens (tertiary/aromatic N) is 3. The number of aromatic nitrogens is 4. The number of hydrogen-bond acceptors (Lipinski definition) is 4. The molecule has 0 fully saturated rings. The van der Waals surface area contributed by atoms with E-state index in [0.717, 1.165) is 15.4 Å². The molecule has 2 aromatic heterocycles. The number of aromatic amines is 1. The van der Waals surface area contributed by atoms with Gasteiger partial charge in [-0.1, -0.05) is 37.7 Å². The molecule has 0 radical (unpaired) electrons. The lowest BCUT2D eigenvalue weighted by molar-refractivity contribution is 0.865. The molecule has 2 heterocycles. The van der Waals surface area contributed by atoms with Crippen molar-refractivity contribution in [2.45, 2.75) is 29.7 Å². The number of hydrogen-bond donors (Lipinski definition) is 1. The molecular formula is C14H13ClN4S. The van der Waals surface area contributed by atoms with Gasteiger partial charge in [-0.25, -0.2) is 9.97 Å². The molecule has 0 unspecified atom stereocenters. The van der Waals surface area contributed by atoms with Crippen molar-refractivity contribution in [1.82, 2.24) is 19.9 Å². The molecule has 3 aromatic rings. The number of H-pyrrole nitrogens is 1. The summed E-state index contributed by atoms with van der Waals surface area (Å²) in [5.74, 6) is 0.529. The molecule has 1 N–H and O–H groups in total. The van der Waals surface area contributed by atoms with Crippen LogP contribution in [-0.2, 0) is 0 Å².